The van der Waals surface area contributed by atoms with Crippen molar-refractivity contribution in [3.8, 4) is 0 Å². The zero-order chi connectivity index (χ0) is 29.7. The van der Waals surface area contributed by atoms with E-state index in [1.165, 1.54) is 66.8 Å². The summed E-state index contributed by atoms with van der Waals surface area (Å²) in [6.45, 7) is 20.9. The van der Waals surface area contributed by atoms with Crippen LogP contribution in [-0.2, 0) is 13.0 Å². The molecular formula is C37H50N4O. The van der Waals surface area contributed by atoms with Crippen molar-refractivity contribution in [2.45, 2.75) is 52.6 Å². The molecule has 5 rings (SSSR count). The lowest BCUT2D eigenvalue weighted by molar-refractivity contribution is 0.112. The number of nitrogens with zero attached hydrogens (tertiary/aromatic N) is 3. The van der Waals surface area contributed by atoms with E-state index in [-0.39, 0.29) is 0 Å². The summed E-state index contributed by atoms with van der Waals surface area (Å²) in [5.74, 6) is 0. The van der Waals surface area contributed by atoms with E-state index in [1.807, 2.05) is 12.1 Å². The molecule has 0 saturated carbocycles. The number of carbonyl (C=O) groups excluding carboxylic acids is 1. The minimum absolute atomic E-state index is 0.695. The number of benzene rings is 3. The van der Waals surface area contributed by atoms with E-state index in [9.17, 15) is 4.79 Å². The summed E-state index contributed by atoms with van der Waals surface area (Å²) in [5, 5.41) is 3.45. The highest BCUT2D eigenvalue weighted by Gasteiger charge is 2.19. The zero-order valence-electron chi connectivity index (χ0n) is 26.0. The van der Waals surface area contributed by atoms with Gasteiger partial charge in [0.05, 0.1) is 0 Å². The van der Waals surface area contributed by atoms with E-state index >= 15 is 0 Å². The fraction of sp³-hybridized carbons (Fsp3) is 0.432. The number of aldehydes is 1. The Kier molecular flexibility index (Phi) is 12.4. The standard InChI is InChI=1S/C28H30N2O.C9H20N2/c1-22-5-3-6-26(17-22)18-27-7-4-8-28(19-27)23(2)30-15-13-29(14-16-30)20-24-9-11-25(21-31)12-10-24;1-3-4-6-11-7-5-10-9(2)8-11/h3-12,17,19,21H,2,13-16,18,20H2,1H3;9-10H,3-8H2,1-2H3. The minimum atomic E-state index is 0.695. The number of unbranched alkanes of at least 4 members (excludes halogenated alkanes) is 1. The molecule has 3 aromatic carbocycles. The third-order valence-electron chi connectivity index (χ3n) is 8.31. The van der Waals surface area contributed by atoms with Crippen LogP contribution < -0.4 is 5.32 Å². The fourth-order valence-corrected chi connectivity index (χ4v) is 5.83. The summed E-state index contributed by atoms with van der Waals surface area (Å²) >= 11 is 0. The van der Waals surface area contributed by atoms with Crippen molar-refractivity contribution in [1.82, 2.24) is 20.0 Å². The molecule has 1 unspecified atom stereocenters. The molecule has 2 saturated heterocycles. The van der Waals surface area contributed by atoms with E-state index in [0.717, 1.165) is 56.7 Å². The van der Waals surface area contributed by atoms with Crippen LogP contribution >= 0.6 is 0 Å². The van der Waals surface area contributed by atoms with E-state index in [2.05, 4.69) is 108 Å². The summed E-state index contributed by atoms with van der Waals surface area (Å²) in [7, 11) is 0. The van der Waals surface area contributed by atoms with Crippen molar-refractivity contribution in [2.24, 2.45) is 0 Å². The highest BCUT2D eigenvalue weighted by molar-refractivity contribution is 5.74. The average molecular weight is 567 g/mol. The van der Waals surface area contributed by atoms with E-state index < -0.39 is 0 Å². The lowest BCUT2D eigenvalue weighted by Crippen LogP contribution is -2.49. The molecule has 0 aromatic heterocycles. The fourth-order valence-electron chi connectivity index (χ4n) is 5.83. The largest absolute Gasteiger partial charge is 0.369 e. The van der Waals surface area contributed by atoms with E-state index in [4.69, 9.17) is 0 Å². The summed E-state index contributed by atoms with van der Waals surface area (Å²) in [4.78, 5) is 18.3. The lowest BCUT2D eigenvalue weighted by Gasteiger charge is -2.37. The first-order chi connectivity index (χ1) is 20.4. The first-order valence-electron chi connectivity index (χ1n) is 15.7. The third-order valence-corrected chi connectivity index (χ3v) is 8.31. The summed E-state index contributed by atoms with van der Waals surface area (Å²) in [6, 6.07) is 26.1. The topological polar surface area (TPSA) is 38.8 Å². The maximum Gasteiger partial charge on any atom is 0.150 e. The van der Waals surface area contributed by atoms with Crippen molar-refractivity contribution in [2.75, 3.05) is 52.4 Å². The van der Waals surface area contributed by atoms with Gasteiger partial charge >= 0.3 is 0 Å². The van der Waals surface area contributed by atoms with Crippen LogP contribution in [0, 0.1) is 6.92 Å². The maximum atomic E-state index is 10.8. The molecule has 5 heteroatoms. The molecule has 0 aliphatic carbocycles. The Balaban J connectivity index is 0.000000310. The molecule has 2 aliphatic rings. The summed E-state index contributed by atoms with van der Waals surface area (Å²) in [5.41, 5.74) is 8.27. The predicted octanol–water partition coefficient (Wildman–Crippen LogP) is 6.27. The molecule has 0 spiro atoms. The zero-order valence-corrected chi connectivity index (χ0v) is 26.0. The summed E-state index contributed by atoms with van der Waals surface area (Å²) in [6.07, 6.45) is 4.51. The Hall–Kier alpha value is -3.25. The van der Waals surface area contributed by atoms with Crippen LogP contribution in [0.25, 0.3) is 5.70 Å². The van der Waals surface area contributed by atoms with Gasteiger partial charge < -0.3 is 15.1 Å². The lowest BCUT2D eigenvalue weighted by atomic mass is 10.0. The van der Waals surface area contributed by atoms with Gasteiger partial charge in [0.25, 0.3) is 0 Å². The molecule has 0 amide bonds. The molecule has 0 radical (unpaired) electrons. The van der Waals surface area contributed by atoms with Crippen molar-refractivity contribution in [3.05, 3.63) is 113 Å². The van der Waals surface area contributed by atoms with Crippen LogP contribution in [0.2, 0.25) is 0 Å². The number of rotatable bonds is 10. The number of carbonyl (C=O) groups is 1. The monoisotopic (exact) mass is 566 g/mol. The van der Waals surface area contributed by atoms with Crippen LogP contribution in [0.4, 0.5) is 0 Å². The van der Waals surface area contributed by atoms with Gasteiger partial charge in [0.15, 0.2) is 0 Å². The van der Waals surface area contributed by atoms with Gasteiger partial charge in [-0.25, -0.2) is 0 Å². The SMILES string of the molecule is C=C(c1cccc(Cc2cccc(C)c2)c1)N1CCN(Cc2ccc(C=O)cc2)CC1.CCCCN1CCNC(C)C1. The predicted molar refractivity (Wildman–Crippen MR) is 177 cm³/mol. The average Bonchev–Trinajstić information content (AvgIpc) is 3.01. The molecular weight excluding hydrogens is 516 g/mol. The van der Waals surface area contributed by atoms with Crippen molar-refractivity contribution >= 4 is 12.0 Å². The number of hydrogen-bond acceptors (Lipinski definition) is 5. The van der Waals surface area contributed by atoms with Gasteiger partial charge in [0.1, 0.15) is 6.29 Å². The quantitative estimate of drug-likeness (QED) is 0.293. The van der Waals surface area contributed by atoms with Gasteiger partial charge in [-0.05, 0) is 61.6 Å². The molecule has 2 fully saturated rings. The van der Waals surface area contributed by atoms with Crippen LogP contribution in [0.15, 0.2) is 79.4 Å². The first-order valence-corrected chi connectivity index (χ1v) is 15.7. The Labute approximate surface area is 254 Å². The normalized spacial score (nSPS) is 17.8. The number of nitrogens with one attached hydrogen (secondary N) is 1. The molecule has 3 aromatic rings. The Morgan fingerprint density at radius 1 is 0.905 bits per heavy atom. The summed E-state index contributed by atoms with van der Waals surface area (Å²) < 4.78 is 0. The molecule has 2 aliphatic heterocycles. The van der Waals surface area contributed by atoms with Crippen molar-refractivity contribution in [1.29, 1.82) is 0 Å². The molecule has 224 valence electrons. The van der Waals surface area contributed by atoms with Gasteiger partial charge in [0.2, 0.25) is 0 Å². The van der Waals surface area contributed by atoms with Crippen LogP contribution in [0.5, 0.6) is 0 Å². The molecule has 1 atom stereocenters. The number of aryl methyl sites for hydroxylation is 1. The second-order valence-corrected chi connectivity index (χ2v) is 11.9. The van der Waals surface area contributed by atoms with E-state index in [1.54, 1.807) is 0 Å². The van der Waals surface area contributed by atoms with Crippen molar-refractivity contribution < 1.29 is 4.79 Å². The highest BCUT2D eigenvalue weighted by Crippen LogP contribution is 2.22. The maximum absolute atomic E-state index is 10.8. The van der Waals surface area contributed by atoms with Crippen LogP contribution in [0.1, 0.15) is 64.9 Å². The van der Waals surface area contributed by atoms with Crippen molar-refractivity contribution in [3.63, 3.8) is 0 Å². The number of piperazine rings is 2. The Morgan fingerprint density at radius 3 is 2.29 bits per heavy atom. The Bertz CT molecular complexity index is 1260. The highest BCUT2D eigenvalue weighted by atomic mass is 16.1. The molecule has 1 N–H and O–H groups in total. The third kappa shape index (κ3) is 9.94. The van der Waals surface area contributed by atoms with Gasteiger partial charge in [-0.1, -0.05) is 92.2 Å². The van der Waals surface area contributed by atoms with Crippen LogP contribution in [0.3, 0.4) is 0 Å². The minimum Gasteiger partial charge on any atom is -0.369 e. The first kappa shape index (κ1) is 31.7. The second-order valence-electron chi connectivity index (χ2n) is 11.9. The van der Waals surface area contributed by atoms with Gasteiger partial charge in [-0.15, -0.1) is 0 Å². The smallest absolute Gasteiger partial charge is 0.150 e. The Morgan fingerprint density at radius 2 is 1.62 bits per heavy atom. The van der Waals surface area contributed by atoms with Gasteiger partial charge in [-0.2, -0.15) is 0 Å². The van der Waals surface area contributed by atoms with Gasteiger partial charge in [-0.3, -0.25) is 9.69 Å². The molecule has 0 bridgehead atoms. The molecule has 5 nitrogen and oxygen atoms in total. The van der Waals surface area contributed by atoms with E-state index in [0.29, 0.717) is 6.04 Å². The van der Waals surface area contributed by atoms with Crippen LogP contribution in [-0.4, -0.2) is 79.4 Å². The number of hydrogen-bond donors (Lipinski definition) is 1. The second kappa shape index (κ2) is 16.4. The van der Waals surface area contributed by atoms with Gasteiger partial charge in [0, 0.05) is 69.7 Å². The molecule has 2 heterocycles. The molecule has 42 heavy (non-hydrogen) atoms.